The minimum atomic E-state index is -4.55. The van der Waals surface area contributed by atoms with E-state index in [1.54, 1.807) is 0 Å². The molecule has 0 atom stereocenters. The molecule has 2 N–H and O–H groups in total. The number of aromatic hydroxyl groups is 1. The molecule has 0 aliphatic carbocycles. The van der Waals surface area contributed by atoms with E-state index in [-0.39, 0.29) is 40.8 Å². The third kappa shape index (κ3) is 4.45. The Morgan fingerprint density at radius 1 is 1.38 bits per heavy atom. The van der Waals surface area contributed by atoms with Crippen molar-refractivity contribution in [3.8, 4) is 5.75 Å². The zero-order valence-electron chi connectivity index (χ0n) is 8.32. The zero-order chi connectivity index (χ0) is 11.6. The number of nitrogens with zero attached hydrogens (tertiary/aromatic N) is 1. The van der Waals surface area contributed by atoms with Crippen molar-refractivity contribution in [1.29, 1.82) is 0 Å². The molecule has 0 amide bonds. The van der Waals surface area contributed by atoms with Gasteiger partial charge in [-0.05, 0) is 6.07 Å². The molecule has 9 heteroatoms. The molecule has 0 saturated heterocycles. The number of rotatable bonds is 3. The summed E-state index contributed by atoms with van der Waals surface area (Å²) in [5, 5.41) is 17.7. The second kappa shape index (κ2) is 5.60. The van der Waals surface area contributed by atoms with E-state index in [9.17, 15) is 23.0 Å². The summed E-state index contributed by atoms with van der Waals surface area (Å²) in [7, 11) is -4.55. The van der Waals surface area contributed by atoms with Gasteiger partial charge in [-0.15, -0.1) is 0 Å². The number of phenolic OH excluding ortho intramolecular Hbond substituents is 1. The standard InChI is InChI=1S/C7H7NO6S.Na/c9-7-2-1-6(8(10)11)3-5(7)4-15(12,13)14;/h1-3H,4H2,(H2-,9,10,11,12,13,14);/q;+1. The summed E-state index contributed by atoms with van der Waals surface area (Å²) in [6.07, 6.45) is 0. The fraction of sp³-hybridized carbons (Fsp3) is 0.143. The third-order valence-corrected chi connectivity index (χ3v) is 2.28. The normalized spacial score (nSPS) is 10.6. The summed E-state index contributed by atoms with van der Waals surface area (Å²) in [5.41, 5.74) is -0.510. The first-order valence-corrected chi connectivity index (χ1v) is 5.29. The molecule has 0 aliphatic heterocycles. The van der Waals surface area contributed by atoms with Gasteiger partial charge >= 0.3 is 35.2 Å². The van der Waals surface area contributed by atoms with Crippen LogP contribution in [0.3, 0.4) is 0 Å². The van der Waals surface area contributed by atoms with E-state index in [0.717, 1.165) is 18.2 Å². The van der Waals surface area contributed by atoms with Crippen molar-refractivity contribution in [3.63, 3.8) is 0 Å². The van der Waals surface area contributed by atoms with Crippen LogP contribution in [0, 0.1) is 4.91 Å². The van der Waals surface area contributed by atoms with Crippen LogP contribution in [-0.4, -0.2) is 28.2 Å². The maximum Gasteiger partial charge on any atom is 1.00 e. The Bertz CT molecular complexity index is 500. The van der Waals surface area contributed by atoms with Gasteiger partial charge in [-0.1, -0.05) is 0 Å². The van der Waals surface area contributed by atoms with Gasteiger partial charge in [-0.25, -0.2) is 13.6 Å². The third-order valence-electron chi connectivity index (χ3n) is 1.62. The fourth-order valence-corrected chi connectivity index (χ4v) is 1.61. The first kappa shape index (κ1) is 15.3. The molecule has 1 aromatic rings. The largest absolute Gasteiger partial charge is 1.00 e. The van der Waals surface area contributed by atoms with Gasteiger partial charge in [0.15, 0.2) is 0 Å². The van der Waals surface area contributed by atoms with Gasteiger partial charge in [0.1, 0.15) is 5.75 Å². The number of phenols is 1. The van der Waals surface area contributed by atoms with Crippen molar-refractivity contribution in [1.82, 2.24) is 0 Å². The van der Waals surface area contributed by atoms with Crippen molar-refractivity contribution in [2.75, 3.05) is 0 Å². The van der Waals surface area contributed by atoms with Gasteiger partial charge in [0.05, 0.1) is 20.8 Å². The average molecular weight is 256 g/mol. The predicted octanol–water partition coefficient (Wildman–Crippen LogP) is -2.76. The Kier molecular flexibility index (Phi) is 5.36. The van der Waals surface area contributed by atoms with Gasteiger partial charge in [0, 0.05) is 17.7 Å². The Labute approximate surface area is 113 Å². The van der Waals surface area contributed by atoms with Crippen LogP contribution in [0.1, 0.15) is 5.56 Å². The van der Waals surface area contributed by atoms with Gasteiger partial charge in [-0.2, -0.15) is 0 Å². The summed E-state index contributed by atoms with van der Waals surface area (Å²) < 4.78 is 31.2. The Morgan fingerprint density at radius 3 is 2.38 bits per heavy atom. The molecule has 0 fully saturated rings. The second-order valence-corrected chi connectivity index (χ2v) is 4.19. The van der Waals surface area contributed by atoms with Gasteiger partial charge in [0.2, 0.25) is 0 Å². The van der Waals surface area contributed by atoms with Crippen molar-refractivity contribution >= 4 is 15.8 Å². The fourth-order valence-electron chi connectivity index (χ4n) is 0.997. The van der Waals surface area contributed by atoms with Crippen LogP contribution < -0.4 is 29.6 Å². The van der Waals surface area contributed by atoms with Gasteiger partial charge in [-0.3, -0.25) is 0 Å². The van der Waals surface area contributed by atoms with Crippen molar-refractivity contribution in [2.24, 2.45) is 0 Å². The topological polar surface area (TPSA) is 118 Å². The molecule has 0 radical (unpaired) electrons. The van der Waals surface area contributed by atoms with E-state index >= 15 is 0 Å². The summed E-state index contributed by atoms with van der Waals surface area (Å²) in [4.78, 5) is 9.94. The molecule has 0 saturated carbocycles. The summed E-state index contributed by atoms with van der Waals surface area (Å²) in [5.74, 6) is -1.37. The summed E-state index contributed by atoms with van der Waals surface area (Å²) in [6, 6.07) is 3.00. The number of benzene rings is 1. The maximum absolute atomic E-state index is 10.4. The van der Waals surface area contributed by atoms with Crippen LogP contribution in [0.2, 0.25) is 0 Å². The molecule has 0 aromatic heterocycles. The monoisotopic (exact) mass is 256 g/mol. The number of hydrogen-bond donors (Lipinski definition) is 2. The molecular formula is C7H7NNaO6S+. The molecule has 16 heavy (non-hydrogen) atoms. The molecule has 7 nitrogen and oxygen atoms in total. The van der Waals surface area contributed by atoms with E-state index < -0.39 is 26.5 Å². The molecular weight excluding hydrogens is 249 g/mol. The van der Waals surface area contributed by atoms with Crippen LogP contribution in [0.5, 0.6) is 5.75 Å². The number of hydrogen-bond acceptors (Lipinski definition) is 5. The molecule has 0 aliphatic rings. The Balaban J connectivity index is 0.00000225. The quantitative estimate of drug-likeness (QED) is 0.343. The molecule has 0 heterocycles. The van der Waals surface area contributed by atoms with E-state index in [0.29, 0.717) is 0 Å². The minimum Gasteiger partial charge on any atom is -0.748 e. The molecule has 1 rings (SSSR count). The Morgan fingerprint density at radius 2 is 1.94 bits per heavy atom. The molecule has 0 spiro atoms. The van der Waals surface area contributed by atoms with Crippen molar-refractivity contribution in [2.45, 2.75) is 5.75 Å². The Hall–Kier alpha value is -0.670. The average Bonchev–Trinajstić information content (AvgIpc) is 2.06. The van der Waals surface area contributed by atoms with Crippen LogP contribution >= 0.6 is 0 Å². The molecule has 82 valence electrons. The van der Waals surface area contributed by atoms with E-state index in [2.05, 4.69) is 0 Å². The van der Waals surface area contributed by atoms with Crippen LogP contribution in [0.15, 0.2) is 18.2 Å². The second-order valence-electron chi connectivity index (χ2n) is 2.79. The van der Waals surface area contributed by atoms with Crippen LogP contribution in [0.25, 0.3) is 0 Å². The SMILES string of the molecule is O=[N+](O)c1ccc(O)c(CS(=O)(=O)[O-])c1.[Na+]. The zero-order valence-corrected chi connectivity index (χ0v) is 11.1. The maximum atomic E-state index is 10.4. The van der Waals surface area contributed by atoms with E-state index in [1.807, 2.05) is 0 Å². The smallest absolute Gasteiger partial charge is 0.748 e. The first-order chi connectivity index (χ1) is 6.79. The van der Waals surface area contributed by atoms with Gasteiger partial charge in [0.25, 0.3) is 4.92 Å². The van der Waals surface area contributed by atoms with Crippen LogP contribution in [0.4, 0.5) is 5.69 Å². The van der Waals surface area contributed by atoms with Crippen LogP contribution in [-0.2, 0) is 15.9 Å². The van der Waals surface area contributed by atoms with Crippen molar-refractivity contribution < 1.29 is 57.8 Å². The van der Waals surface area contributed by atoms with Gasteiger partial charge < -0.3 is 9.66 Å². The minimum absolute atomic E-state index is 0. The first-order valence-electron chi connectivity index (χ1n) is 3.71. The van der Waals surface area contributed by atoms with E-state index in [1.165, 1.54) is 0 Å². The molecule has 1 aromatic carbocycles. The van der Waals surface area contributed by atoms with E-state index in [4.69, 9.17) is 5.21 Å². The summed E-state index contributed by atoms with van der Waals surface area (Å²) in [6.45, 7) is 0. The van der Waals surface area contributed by atoms with Crippen molar-refractivity contribution in [3.05, 3.63) is 28.7 Å². The molecule has 0 bridgehead atoms. The molecule has 0 unspecified atom stereocenters. The summed E-state index contributed by atoms with van der Waals surface area (Å²) >= 11 is 0. The predicted molar refractivity (Wildman–Crippen MR) is 46.6 cm³/mol.